The monoisotopic (exact) mass is 406 g/mol. The van der Waals surface area contributed by atoms with E-state index in [9.17, 15) is 14.9 Å². The molecule has 2 aromatic carbocycles. The van der Waals surface area contributed by atoms with E-state index in [0.717, 1.165) is 0 Å². The first kappa shape index (κ1) is 21.5. The zero-order chi connectivity index (χ0) is 22.1. The van der Waals surface area contributed by atoms with E-state index in [2.05, 4.69) is 6.07 Å². The molecule has 1 aliphatic rings. The van der Waals surface area contributed by atoms with Crippen molar-refractivity contribution in [2.75, 3.05) is 12.0 Å². The van der Waals surface area contributed by atoms with E-state index in [1.807, 2.05) is 51.1 Å². The van der Waals surface area contributed by atoms with Crippen LogP contribution in [0.2, 0.25) is 0 Å². The van der Waals surface area contributed by atoms with Crippen molar-refractivity contribution in [3.63, 3.8) is 0 Å². The van der Waals surface area contributed by atoms with Crippen molar-refractivity contribution in [1.82, 2.24) is 0 Å². The SMILES string of the molecule is COC1(C)C(C(=O)OC(C#N)c2cccc(N(C(C)=O)c3ccccc3)c2)C1(C)C. The topological polar surface area (TPSA) is 79.6 Å². The smallest absolute Gasteiger partial charge is 0.314 e. The standard InChI is InChI=1S/C24H26N2O4/c1-16(27)26(18-11-7-6-8-12-18)19-13-9-10-17(14-19)20(15-25)30-22(28)21-23(2,3)24(21,4)29-5/h6-14,20-21H,1-5H3. The van der Waals surface area contributed by atoms with Crippen LogP contribution in [0.4, 0.5) is 11.4 Å². The van der Waals surface area contributed by atoms with Crippen LogP contribution < -0.4 is 4.90 Å². The van der Waals surface area contributed by atoms with Gasteiger partial charge in [0, 0.05) is 36.4 Å². The molecule has 0 bridgehead atoms. The summed E-state index contributed by atoms with van der Waals surface area (Å²) in [4.78, 5) is 26.6. The molecule has 0 N–H and O–H groups in total. The van der Waals surface area contributed by atoms with E-state index in [-0.39, 0.29) is 11.3 Å². The minimum absolute atomic E-state index is 0.167. The number of carbonyl (C=O) groups excluding carboxylic acids is 2. The van der Waals surface area contributed by atoms with Crippen molar-refractivity contribution in [2.24, 2.45) is 11.3 Å². The number of hydrogen-bond acceptors (Lipinski definition) is 5. The second-order valence-electron chi connectivity index (χ2n) is 8.20. The number of nitrogens with zero attached hydrogens (tertiary/aromatic N) is 2. The third-order valence-corrected chi connectivity index (χ3v) is 6.24. The normalized spacial score (nSPS) is 22.5. The van der Waals surface area contributed by atoms with Crippen molar-refractivity contribution >= 4 is 23.3 Å². The molecule has 1 aliphatic carbocycles. The molecule has 1 saturated carbocycles. The minimum Gasteiger partial charge on any atom is -0.442 e. The summed E-state index contributed by atoms with van der Waals surface area (Å²) >= 11 is 0. The Balaban J connectivity index is 1.86. The number of carbonyl (C=O) groups is 2. The summed E-state index contributed by atoms with van der Waals surface area (Å²) in [6, 6.07) is 18.2. The number of ether oxygens (including phenoxy) is 2. The lowest BCUT2D eigenvalue weighted by atomic mass is 10.1. The van der Waals surface area contributed by atoms with Crippen LogP contribution in [0.5, 0.6) is 0 Å². The molecular formula is C24H26N2O4. The molecule has 0 radical (unpaired) electrons. The summed E-state index contributed by atoms with van der Waals surface area (Å²) in [6.45, 7) is 7.22. The van der Waals surface area contributed by atoms with E-state index < -0.39 is 23.6 Å². The number of nitriles is 1. The number of benzene rings is 2. The van der Waals surface area contributed by atoms with Gasteiger partial charge in [-0.1, -0.05) is 44.2 Å². The maximum atomic E-state index is 12.8. The fourth-order valence-corrected chi connectivity index (χ4v) is 4.11. The van der Waals surface area contributed by atoms with Gasteiger partial charge in [0.1, 0.15) is 6.07 Å². The van der Waals surface area contributed by atoms with Gasteiger partial charge in [-0.25, -0.2) is 0 Å². The van der Waals surface area contributed by atoms with E-state index in [1.54, 1.807) is 36.3 Å². The van der Waals surface area contributed by atoms with Gasteiger partial charge in [-0.3, -0.25) is 14.5 Å². The molecule has 3 atom stereocenters. The summed E-state index contributed by atoms with van der Waals surface area (Å²) in [7, 11) is 1.57. The van der Waals surface area contributed by atoms with E-state index in [4.69, 9.17) is 9.47 Å². The Morgan fingerprint density at radius 1 is 1.07 bits per heavy atom. The highest BCUT2D eigenvalue weighted by Gasteiger charge is 2.73. The quantitative estimate of drug-likeness (QED) is 0.658. The fourth-order valence-electron chi connectivity index (χ4n) is 4.11. The summed E-state index contributed by atoms with van der Waals surface area (Å²) in [5.74, 6) is -1.08. The molecule has 6 nitrogen and oxygen atoms in total. The summed E-state index contributed by atoms with van der Waals surface area (Å²) in [5.41, 5.74) is 0.812. The maximum absolute atomic E-state index is 12.8. The van der Waals surface area contributed by atoms with Gasteiger partial charge in [-0.2, -0.15) is 5.26 Å². The van der Waals surface area contributed by atoms with Gasteiger partial charge >= 0.3 is 5.97 Å². The molecule has 1 fully saturated rings. The predicted octanol–water partition coefficient (Wildman–Crippen LogP) is 4.54. The van der Waals surface area contributed by atoms with Crippen molar-refractivity contribution < 1.29 is 19.1 Å². The van der Waals surface area contributed by atoms with Gasteiger partial charge < -0.3 is 9.47 Å². The first-order chi connectivity index (χ1) is 14.2. The number of para-hydroxylation sites is 1. The Kier molecular flexibility index (Phi) is 5.69. The molecule has 0 aromatic heterocycles. The lowest BCUT2D eigenvalue weighted by molar-refractivity contribution is -0.150. The average molecular weight is 406 g/mol. The Morgan fingerprint density at radius 3 is 2.23 bits per heavy atom. The molecule has 30 heavy (non-hydrogen) atoms. The lowest BCUT2D eigenvalue weighted by Gasteiger charge is -2.22. The Morgan fingerprint density at radius 2 is 1.70 bits per heavy atom. The van der Waals surface area contributed by atoms with Crippen LogP contribution in [0.1, 0.15) is 39.4 Å². The molecule has 3 unspecified atom stereocenters. The molecule has 0 heterocycles. The van der Waals surface area contributed by atoms with Crippen LogP contribution in [0.25, 0.3) is 0 Å². The first-order valence-electron chi connectivity index (χ1n) is 9.78. The molecule has 3 rings (SSSR count). The molecule has 6 heteroatoms. The second kappa shape index (κ2) is 7.92. The van der Waals surface area contributed by atoms with Gasteiger partial charge in [-0.05, 0) is 31.2 Å². The number of hydrogen-bond donors (Lipinski definition) is 0. The fraction of sp³-hybridized carbons (Fsp3) is 0.375. The Labute approximate surface area is 177 Å². The third-order valence-electron chi connectivity index (χ3n) is 6.24. The molecule has 0 saturated heterocycles. The molecule has 156 valence electrons. The van der Waals surface area contributed by atoms with Crippen LogP contribution in [0.15, 0.2) is 54.6 Å². The van der Waals surface area contributed by atoms with Crippen LogP contribution >= 0.6 is 0 Å². The van der Waals surface area contributed by atoms with E-state index in [1.165, 1.54) is 6.92 Å². The average Bonchev–Trinajstić information content (AvgIpc) is 3.19. The predicted molar refractivity (Wildman–Crippen MR) is 113 cm³/mol. The van der Waals surface area contributed by atoms with Gasteiger partial charge in [0.05, 0.1) is 11.5 Å². The van der Waals surface area contributed by atoms with Crippen LogP contribution in [-0.4, -0.2) is 24.6 Å². The minimum atomic E-state index is -1.08. The summed E-state index contributed by atoms with van der Waals surface area (Å²) in [5, 5.41) is 9.66. The highest BCUT2D eigenvalue weighted by Crippen LogP contribution is 2.64. The van der Waals surface area contributed by atoms with Crippen LogP contribution in [0, 0.1) is 22.7 Å². The maximum Gasteiger partial charge on any atom is 0.314 e. The zero-order valence-corrected chi connectivity index (χ0v) is 17.9. The molecule has 1 amide bonds. The van der Waals surface area contributed by atoms with Gasteiger partial charge in [0.15, 0.2) is 0 Å². The number of methoxy groups -OCH3 is 1. The largest absolute Gasteiger partial charge is 0.442 e. The summed E-state index contributed by atoms with van der Waals surface area (Å²) < 4.78 is 11.1. The Bertz CT molecular complexity index is 996. The van der Waals surface area contributed by atoms with E-state index >= 15 is 0 Å². The lowest BCUT2D eigenvalue weighted by Crippen LogP contribution is -2.23. The van der Waals surface area contributed by atoms with E-state index in [0.29, 0.717) is 16.9 Å². The zero-order valence-electron chi connectivity index (χ0n) is 17.9. The molecule has 0 spiro atoms. The first-order valence-corrected chi connectivity index (χ1v) is 9.78. The second-order valence-corrected chi connectivity index (χ2v) is 8.20. The number of amides is 1. The van der Waals surface area contributed by atoms with Crippen LogP contribution in [-0.2, 0) is 19.1 Å². The van der Waals surface area contributed by atoms with Crippen LogP contribution in [0.3, 0.4) is 0 Å². The van der Waals surface area contributed by atoms with Gasteiger partial charge in [0.25, 0.3) is 0 Å². The van der Waals surface area contributed by atoms with Crippen molar-refractivity contribution in [3.8, 4) is 6.07 Å². The van der Waals surface area contributed by atoms with Crippen molar-refractivity contribution in [2.45, 2.75) is 39.4 Å². The van der Waals surface area contributed by atoms with Gasteiger partial charge in [0.2, 0.25) is 12.0 Å². The number of esters is 1. The molecule has 0 aliphatic heterocycles. The highest BCUT2D eigenvalue weighted by molar-refractivity contribution is 5.99. The third kappa shape index (κ3) is 3.57. The number of rotatable bonds is 6. The molecule has 2 aromatic rings. The highest BCUT2D eigenvalue weighted by atomic mass is 16.6. The summed E-state index contributed by atoms with van der Waals surface area (Å²) in [6.07, 6.45) is -1.08. The molecular weight excluding hydrogens is 380 g/mol. The Hall–Kier alpha value is -3.17. The van der Waals surface area contributed by atoms with Crippen molar-refractivity contribution in [3.05, 3.63) is 60.2 Å². The van der Waals surface area contributed by atoms with Gasteiger partial charge in [-0.15, -0.1) is 0 Å². The number of anilines is 2. The van der Waals surface area contributed by atoms with Crippen molar-refractivity contribution in [1.29, 1.82) is 5.26 Å².